The molecule has 4 aliphatic rings. The van der Waals surface area contributed by atoms with Crippen molar-refractivity contribution >= 4 is 40.6 Å². The number of benzene rings is 1. The van der Waals surface area contributed by atoms with Gasteiger partial charge in [0.15, 0.2) is 5.69 Å². The quantitative estimate of drug-likeness (QED) is 0.212. The summed E-state index contributed by atoms with van der Waals surface area (Å²) >= 11 is 12.8. The molecule has 2 saturated heterocycles. The van der Waals surface area contributed by atoms with E-state index in [0.29, 0.717) is 55.2 Å². The average Bonchev–Trinajstić information content (AvgIpc) is 3.64. The third-order valence-electron chi connectivity index (χ3n) is 10.3. The van der Waals surface area contributed by atoms with Crippen LogP contribution in [0.15, 0.2) is 24.3 Å². The minimum absolute atomic E-state index is 0.000248. The number of amides is 1. The second-order valence-corrected chi connectivity index (χ2v) is 14.8. The van der Waals surface area contributed by atoms with Crippen molar-refractivity contribution in [2.24, 2.45) is 5.92 Å². The van der Waals surface area contributed by atoms with E-state index < -0.39 is 34.5 Å². The van der Waals surface area contributed by atoms with Crippen LogP contribution < -0.4 is 15.4 Å². The van der Waals surface area contributed by atoms with Crippen molar-refractivity contribution in [2.75, 3.05) is 51.0 Å². The first-order valence-electron chi connectivity index (χ1n) is 16.9. The summed E-state index contributed by atoms with van der Waals surface area (Å²) in [5.74, 6) is -0.222. The second kappa shape index (κ2) is 13.9. The number of hydrogen-bond acceptors (Lipinski definition) is 9. The van der Waals surface area contributed by atoms with Crippen LogP contribution in [0.3, 0.4) is 0 Å². The minimum atomic E-state index is -4.78. The molecular formula is C34H37Cl2F5N8O3. The highest BCUT2D eigenvalue weighted by Gasteiger charge is 2.49. The molecule has 3 aromatic rings. The molecule has 1 aromatic carbocycles. The number of halogens is 7. The Bertz CT molecular complexity index is 1920. The van der Waals surface area contributed by atoms with E-state index in [9.17, 15) is 26.7 Å². The van der Waals surface area contributed by atoms with Gasteiger partial charge in [-0.15, -0.1) is 0 Å². The van der Waals surface area contributed by atoms with Crippen LogP contribution in [0.25, 0.3) is 0 Å². The molecule has 280 valence electrons. The van der Waals surface area contributed by atoms with Crippen molar-refractivity contribution in [2.45, 2.75) is 69.6 Å². The summed E-state index contributed by atoms with van der Waals surface area (Å²) in [4.78, 5) is 27.9. The number of hydrogen-bond donors (Lipinski definition) is 1. The Morgan fingerprint density at radius 2 is 1.96 bits per heavy atom. The molecule has 6 heterocycles. The molecular weight excluding hydrogens is 734 g/mol. The number of fused-ring (bicyclic) bond motifs is 3. The third kappa shape index (κ3) is 6.90. The predicted octanol–water partition coefficient (Wildman–Crippen LogP) is 6.52. The maximum atomic E-state index is 14.3. The Labute approximate surface area is 306 Å². The lowest BCUT2D eigenvalue weighted by Crippen LogP contribution is -2.43. The zero-order chi connectivity index (χ0) is 37.1. The zero-order valence-electron chi connectivity index (χ0n) is 28.5. The summed E-state index contributed by atoms with van der Waals surface area (Å²) in [6, 6.07) is 2.27. The molecule has 2 N–H and O–H groups in total. The lowest BCUT2D eigenvalue weighted by atomic mass is 9.91. The fourth-order valence-electron chi connectivity index (χ4n) is 8.03. The van der Waals surface area contributed by atoms with Crippen LogP contribution in [0.5, 0.6) is 6.01 Å². The maximum absolute atomic E-state index is 14.3. The van der Waals surface area contributed by atoms with E-state index >= 15 is 0 Å². The Kier molecular flexibility index (Phi) is 9.80. The Balaban J connectivity index is 1.26. The van der Waals surface area contributed by atoms with Gasteiger partial charge in [0.1, 0.15) is 12.4 Å². The van der Waals surface area contributed by atoms with Crippen molar-refractivity contribution in [1.29, 1.82) is 0 Å². The normalized spacial score (nSPS) is 23.1. The molecule has 1 amide bonds. The van der Waals surface area contributed by atoms with Crippen LogP contribution in [-0.4, -0.2) is 81.3 Å². The summed E-state index contributed by atoms with van der Waals surface area (Å²) in [5.41, 5.74) is 5.98. The summed E-state index contributed by atoms with van der Waals surface area (Å²) in [5, 5.41) is 4.18. The van der Waals surface area contributed by atoms with Crippen molar-refractivity contribution in [3.05, 3.63) is 68.1 Å². The maximum Gasteiger partial charge on any atom is 0.418 e. The molecule has 0 bridgehead atoms. The van der Waals surface area contributed by atoms with Gasteiger partial charge < -0.3 is 25.0 Å². The molecule has 0 spiro atoms. The average molecular weight is 772 g/mol. The number of ether oxygens (including phenoxy) is 2. The Morgan fingerprint density at radius 1 is 1.17 bits per heavy atom. The van der Waals surface area contributed by atoms with E-state index in [4.69, 9.17) is 48.4 Å². The number of aromatic nitrogens is 4. The predicted molar refractivity (Wildman–Crippen MR) is 182 cm³/mol. The Hall–Kier alpha value is -3.73. The van der Waals surface area contributed by atoms with Gasteiger partial charge >= 0.3 is 12.2 Å². The fourth-order valence-corrected chi connectivity index (χ4v) is 8.65. The monoisotopic (exact) mass is 770 g/mol. The van der Waals surface area contributed by atoms with Crippen LogP contribution in [0.4, 0.5) is 33.5 Å². The van der Waals surface area contributed by atoms with Gasteiger partial charge in [0.2, 0.25) is 0 Å². The molecule has 18 heteroatoms. The first-order valence-corrected chi connectivity index (χ1v) is 17.7. The van der Waals surface area contributed by atoms with Crippen LogP contribution in [0, 0.1) is 5.92 Å². The van der Waals surface area contributed by atoms with E-state index in [0.717, 1.165) is 31.5 Å². The highest BCUT2D eigenvalue weighted by Crippen LogP contribution is 2.46. The summed E-state index contributed by atoms with van der Waals surface area (Å²) in [6.07, 6.45) is -3.94. The van der Waals surface area contributed by atoms with Gasteiger partial charge in [0, 0.05) is 51.4 Å². The first kappa shape index (κ1) is 36.6. The third-order valence-corrected chi connectivity index (χ3v) is 11.0. The standard InChI is InChI=1S/C34H37Cl2F5N8O3/c1-46(2)31(50)29-28(36)24-15-47(6-4-8-49(24)45-29)30-21-16-51-25(20-10-19(42)11-22(35)27(20)34(39,40)41)12-23(21)43-32(44-30)52-17-33-5-3-7-48(33)14-18(13-33)9-26(37)38/h9-11,18,25H,3-8,12-17,42H2,1-2H3/t18-,25-,33+/m0/s1. The highest BCUT2D eigenvalue weighted by atomic mass is 35.5. The van der Waals surface area contributed by atoms with Gasteiger partial charge in [-0.25, -0.2) is 0 Å². The molecule has 0 unspecified atom stereocenters. The lowest BCUT2D eigenvalue weighted by Gasteiger charge is -2.33. The van der Waals surface area contributed by atoms with Gasteiger partial charge in [-0.05, 0) is 61.9 Å². The van der Waals surface area contributed by atoms with E-state index in [1.165, 1.54) is 11.0 Å². The van der Waals surface area contributed by atoms with E-state index in [2.05, 4.69) is 10.00 Å². The Morgan fingerprint density at radius 3 is 2.69 bits per heavy atom. The number of nitrogens with two attached hydrogens (primary N) is 1. The number of aryl methyl sites for hydroxylation is 1. The summed E-state index contributed by atoms with van der Waals surface area (Å²) in [7, 11) is 3.22. The number of rotatable bonds is 7. The van der Waals surface area contributed by atoms with Gasteiger partial charge in [0.05, 0.1) is 51.8 Å². The van der Waals surface area contributed by atoms with E-state index in [1.807, 2.05) is 4.90 Å². The molecule has 0 saturated carbocycles. The molecule has 3 atom stereocenters. The molecule has 11 nitrogen and oxygen atoms in total. The van der Waals surface area contributed by atoms with Gasteiger partial charge in [-0.2, -0.15) is 37.0 Å². The fraction of sp³-hybridized carbons (Fsp3) is 0.529. The summed E-state index contributed by atoms with van der Waals surface area (Å²) < 4.78 is 83.4. The molecule has 2 fully saturated rings. The lowest BCUT2D eigenvalue weighted by molar-refractivity contribution is -0.139. The number of nitrogen functional groups attached to an aromatic ring is 1. The smallest absolute Gasteiger partial charge is 0.418 e. The molecule has 4 aliphatic heterocycles. The summed E-state index contributed by atoms with van der Waals surface area (Å²) in [6.45, 7) is 2.43. The SMILES string of the molecule is CN(C)C(=O)c1nn2c(c1Cl)CN(c1nc(OC[C@]34CCCN3C[C@@H](C=C(F)F)C4)nc3c1CO[C@H](c1cc(N)cc(Cl)c1C(F)(F)F)C3)CCC2. The molecule has 7 rings (SSSR count). The topological polar surface area (TPSA) is 115 Å². The largest absolute Gasteiger partial charge is 0.461 e. The molecule has 0 radical (unpaired) electrons. The van der Waals surface area contributed by atoms with Crippen molar-refractivity contribution in [3.8, 4) is 6.01 Å². The van der Waals surface area contributed by atoms with Gasteiger partial charge in [0.25, 0.3) is 12.0 Å². The minimum Gasteiger partial charge on any atom is -0.461 e. The number of carbonyl (C=O) groups excluding carboxylic acids is 1. The first-order chi connectivity index (χ1) is 24.6. The van der Waals surface area contributed by atoms with Crippen LogP contribution in [0.1, 0.15) is 70.4 Å². The van der Waals surface area contributed by atoms with Crippen molar-refractivity contribution in [1.82, 2.24) is 29.5 Å². The number of nitrogens with zero attached hydrogens (tertiary/aromatic N) is 7. The number of alkyl halides is 3. The second-order valence-electron chi connectivity index (χ2n) is 14.0. The van der Waals surface area contributed by atoms with Gasteiger partial charge in [-0.3, -0.25) is 14.4 Å². The highest BCUT2D eigenvalue weighted by molar-refractivity contribution is 6.34. The molecule has 0 aliphatic carbocycles. The van der Waals surface area contributed by atoms with Crippen molar-refractivity contribution < 1.29 is 36.2 Å². The van der Waals surface area contributed by atoms with Gasteiger partial charge in [-0.1, -0.05) is 23.2 Å². The zero-order valence-corrected chi connectivity index (χ0v) is 30.0. The van der Waals surface area contributed by atoms with E-state index in [1.54, 1.807) is 18.8 Å². The van der Waals surface area contributed by atoms with Crippen LogP contribution in [0.2, 0.25) is 10.0 Å². The van der Waals surface area contributed by atoms with Crippen LogP contribution in [-0.2, 0) is 37.0 Å². The number of anilines is 2. The molecule has 52 heavy (non-hydrogen) atoms. The van der Waals surface area contributed by atoms with E-state index in [-0.39, 0.29) is 66.0 Å². The van der Waals surface area contributed by atoms with Crippen LogP contribution >= 0.6 is 23.2 Å². The molecule has 2 aromatic heterocycles. The van der Waals surface area contributed by atoms with Crippen molar-refractivity contribution in [3.63, 3.8) is 0 Å². The number of carbonyl (C=O) groups is 1.